The summed E-state index contributed by atoms with van der Waals surface area (Å²) < 4.78 is 126. The number of fused-ring (bicyclic) bond motifs is 1. The van der Waals surface area contributed by atoms with Crippen molar-refractivity contribution in [3.63, 3.8) is 0 Å². The molecule has 1 aliphatic heterocycles. The Hall–Kier alpha value is -3.49. The Balaban J connectivity index is 1.95. The van der Waals surface area contributed by atoms with Crippen molar-refractivity contribution in [2.24, 2.45) is 0 Å². The van der Waals surface area contributed by atoms with Crippen molar-refractivity contribution in [1.29, 1.82) is 0 Å². The Kier molecular flexibility index (Phi) is 2.04. The van der Waals surface area contributed by atoms with Crippen LogP contribution in [0.5, 0.6) is 11.5 Å². The lowest BCUT2D eigenvalue weighted by molar-refractivity contribution is 0.0714. The van der Waals surface area contributed by atoms with Crippen molar-refractivity contribution in [3.8, 4) is 11.5 Å². The van der Waals surface area contributed by atoms with Crippen LogP contribution in [0.4, 0.5) is 11.8 Å². The summed E-state index contributed by atoms with van der Waals surface area (Å²) in [6.45, 7) is -6.97. The van der Waals surface area contributed by atoms with Crippen LogP contribution in [0.1, 0.15) is 27.0 Å². The molecule has 0 bridgehead atoms. The number of nitrogens with zero attached hydrogens (tertiary/aromatic N) is 4. The first-order valence-electron chi connectivity index (χ1n) is 14.7. The van der Waals surface area contributed by atoms with E-state index in [1.165, 1.54) is 18.4 Å². The molecular formula is C19H21N5O4. The highest BCUT2D eigenvalue weighted by Crippen LogP contribution is 2.34. The zero-order chi connectivity index (χ0) is 31.6. The van der Waals surface area contributed by atoms with Crippen LogP contribution in [0.15, 0.2) is 34.9 Å². The van der Waals surface area contributed by atoms with Crippen LogP contribution in [0.3, 0.4) is 0 Å². The predicted octanol–water partition coefficient (Wildman–Crippen LogP) is 1.78. The van der Waals surface area contributed by atoms with E-state index in [2.05, 4.69) is 9.97 Å². The fourth-order valence-corrected chi connectivity index (χ4v) is 2.49. The Morgan fingerprint density at radius 3 is 2.79 bits per heavy atom. The highest BCUT2D eigenvalue weighted by Gasteiger charge is 2.25. The van der Waals surface area contributed by atoms with Crippen LogP contribution in [-0.4, -0.2) is 60.9 Å². The molecule has 0 unspecified atom stereocenters. The highest BCUT2D eigenvalue weighted by molar-refractivity contribution is 5.92. The smallest absolute Gasteiger partial charge is 0.289 e. The summed E-state index contributed by atoms with van der Waals surface area (Å²) >= 11 is 0. The van der Waals surface area contributed by atoms with E-state index in [0.717, 1.165) is 4.90 Å². The molecule has 146 valence electrons. The summed E-state index contributed by atoms with van der Waals surface area (Å²) in [5.74, 6) is -4.74. The zero-order valence-electron chi connectivity index (χ0n) is 28.0. The number of carbonyl (C=O) groups excluding carboxylic acids is 1. The van der Waals surface area contributed by atoms with E-state index in [0.29, 0.717) is 4.90 Å². The molecule has 1 saturated heterocycles. The van der Waals surface area contributed by atoms with Crippen molar-refractivity contribution in [1.82, 2.24) is 14.9 Å². The van der Waals surface area contributed by atoms with Gasteiger partial charge in [0, 0.05) is 37.5 Å². The first-order chi connectivity index (χ1) is 19.1. The number of carbonyl (C=O) groups is 1. The van der Waals surface area contributed by atoms with Gasteiger partial charge in [-0.25, -0.2) is 4.98 Å². The quantitative estimate of drug-likeness (QED) is 0.694. The number of hydrogen-bond acceptors (Lipinski definition) is 8. The van der Waals surface area contributed by atoms with Crippen LogP contribution in [0.25, 0.3) is 10.9 Å². The van der Waals surface area contributed by atoms with Gasteiger partial charge in [0.25, 0.3) is 5.91 Å². The maximum Gasteiger partial charge on any atom is 0.289 e. The number of amides is 1. The minimum absolute atomic E-state index is 0.169. The molecule has 9 heteroatoms. The molecule has 0 aliphatic carbocycles. The number of nitrogens with two attached hydrogens (primary N) is 1. The Bertz CT molecular complexity index is 1490. The van der Waals surface area contributed by atoms with Gasteiger partial charge in [-0.05, 0) is 18.2 Å². The second-order valence-electron chi connectivity index (χ2n) is 5.47. The Morgan fingerprint density at radius 1 is 1.32 bits per heavy atom. The molecule has 0 radical (unpaired) electrons. The summed E-state index contributed by atoms with van der Waals surface area (Å²) in [5.41, 5.74) is -0.877. The third-order valence-electron chi connectivity index (χ3n) is 3.82. The Labute approximate surface area is 181 Å². The van der Waals surface area contributed by atoms with Gasteiger partial charge in [-0.1, -0.05) is 0 Å². The molecule has 2 aromatic heterocycles. The van der Waals surface area contributed by atoms with E-state index >= 15 is 0 Å². The molecule has 1 fully saturated rings. The molecule has 1 aromatic carbocycles. The molecule has 28 heavy (non-hydrogen) atoms. The highest BCUT2D eigenvalue weighted by atomic mass is 16.5. The summed E-state index contributed by atoms with van der Waals surface area (Å²) in [5, 5.41) is -0.640. The van der Waals surface area contributed by atoms with Gasteiger partial charge in [-0.3, -0.25) is 4.79 Å². The van der Waals surface area contributed by atoms with Crippen molar-refractivity contribution in [3.05, 3.63) is 36.2 Å². The first-order valence-corrected chi connectivity index (χ1v) is 7.77. The number of anilines is 2. The van der Waals surface area contributed by atoms with Gasteiger partial charge in [0.1, 0.15) is 5.82 Å². The third kappa shape index (κ3) is 3.15. The lowest BCUT2D eigenvalue weighted by Crippen LogP contribution is -2.49. The van der Waals surface area contributed by atoms with Gasteiger partial charge in [0.2, 0.25) is 5.95 Å². The first kappa shape index (κ1) is 7.86. The number of nitrogen functional groups attached to an aromatic ring is 1. The molecule has 2 N–H and O–H groups in total. The van der Waals surface area contributed by atoms with Crippen molar-refractivity contribution < 1.29 is 38.0 Å². The second kappa shape index (κ2) is 7.26. The van der Waals surface area contributed by atoms with Crippen molar-refractivity contribution in [2.75, 3.05) is 50.8 Å². The van der Waals surface area contributed by atoms with E-state index in [-0.39, 0.29) is 11.5 Å². The average molecular weight is 397 g/mol. The van der Waals surface area contributed by atoms with Crippen molar-refractivity contribution in [2.45, 2.75) is 0 Å². The summed E-state index contributed by atoms with van der Waals surface area (Å²) in [4.78, 5) is 22.0. The van der Waals surface area contributed by atoms with E-state index in [4.69, 9.17) is 33.2 Å². The van der Waals surface area contributed by atoms with Gasteiger partial charge in [-0.2, -0.15) is 4.98 Å². The fraction of sp³-hybridized carbons (Fsp3) is 0.316. The fourth-order valence-electron chi connectivity index (χ4n) is 2.49. The number of piperazine rings is 1. The minimum atomic E-state index is -3.27. The van der Waals surface area contributed by atoms with Gasteiger partial charge in [0.15, 0.2) is 20.1 Å². The van der Waals surface area contributed by atoms with Crippen LogP contribution in [-0.2, 0) is 0 Å². The van der Waals surface area contributed by atoms with Crippen LogP contribution in [0.2, 0.25) is 2.82 Å². The van der Waals surface area contributed by atoms with E-state index in [1.807, 2.05) is 0 Å². The normalized spacial score (nSPS) is 26.0. The number of aromatic nitrogens is 2. The summed E-state index contributed by atoms with van der Waals surface area (Å²) in [6, 6.07) is 0.772. The van der Waals surface area contributed by atoms with Gasteiger partial charge in [0.05, 0.1) is 42.3 Å². The maximum atomic E-state index is 12.8. The maximum absolute atomic E-state index is 12.8. The monoisotopic (exact) mass is 397 g/mol. The van der Waals surface area contributed by atoms with Gasteiger partial charge < -0.3 is 29.4 Å². The molecule has 9 nitrogen and oxygen atoms in total. The molecule has 0 spiro atoms. The lowest BCUT2D eigenvalue weighted by Gasteiger charge is -2.34. The number of ether oxygens (including phenoxy) is 2. The summed E-state index contributed by atoms with van der Waals surface area (Å²) in [6.07, 6.45) is 1.21. The van der Waals surface area contributed by atoms with Gasteiger partial charge >= 0.3 is 0 Å². The van der Waals surface area contributed by atoms with Crippen LogP contribution >= 0.6 is 0 Å². The van der Waals surface area contributed by atoms with E-state index < -0.39 is 92.3 Å². The topological polar surface area (TPSA) is 107 Å². The largest absolute Gasteiger partial charge is 0.493 e. The predicted molar refractivity (Wildman–Crippen MR) is 104 cm³/mol. The molecule has 3 heterocycles. The number of rotatable bonds is 5. The molecule has 0 atom stereocenters. The molecule has 0 saturated carbocycles. The van der Waals surface area contributed by atoms with E-state index in [9.17, 15) is 4.79 Å². The average Bonchev–Trinajstić information content (AvgIpc) is 3.35. The second-order valence-corrected chi connectivity index (χ2v) is 5.47. The zero-order valence-corrected chi connectivity index (χ0v) is 14.0. The third-order valence-corrected chi connectivity index (χ3v) is 3.82. The molecular weight excluding hydrogens is 362 g/mol. The lowest BCUT2D eigenvalue weighted by atomic mass is 10.2. The molecule has 4 rings (SSSR count). The number of furan rings is 1. The Morgan fingerprint density at radius 2 is 2.11 bits per heavy atom. The number of hydrogen-bond donors (Lipinski definition) is 1. The summed E-state index contributed by atoms with van der Waals surface area (Å²) in [7, 11) is -6.53. The van der Waals surface area contributed by atoms with Gasteiger partial charge in [-0.15, -0.1) is 0 Å². The molecule has 1 amide bonds. The van der Waals surface area contributed by atoms with E-state index in [1.54, 1.807) is 0 Å². The minimum Gasteiger partial charge on any atom is -0.493 e. The van der Waals surface area contributed by atoms with Crippen LogP contribution in [0, 0.1) is 0 Å². The number of benzene rings is 1. The number of methoxy groups -OCH3 is 2. The van der Waals surface area contributed by atoms with Crippen molar-refractivity contribution >= 4 is 28.6 Å². The van der Waals surface area contributed by atoms with Crippen LogP contribution < -0.4 is 20.1 Å². The molecule has 1 aliphatic rings. The SMILES string of the molecule is [2H]c1c(OC([2H])([2H])[2H])c(OC([2H])([2H])[2H])c([2H])c2c(N([2H])[2H])nc(N3C([2H])([2H])CN(C(=O)c4ccco4)CC3([2H])[2H])nc12. The molecule has 3 aromatic rings. The standard InChI is InChI=1S/C19H21N5O4/c1-26-15-10-12-13(11-16(15)27-2)21-19(22-17(12)20)24-7-5-23(6-8-24)18(25)14-4-3-9-28-14/h3-4,9-11H,5-8H2,1-2H3,(H2,20,21,22)/i1D3,2D3,7D2,8D2,10D,11D/hD2.